The highest BCUT2D eigenvalue weighted by Gasteiger charge is 2.21. The molecule has 0 aromatic heterocycles. The van der Waals surface area contributed by atoms with E-state index < -0.39 is 5.60 Å². The van der Waals surface area contributed by atoms with Crippen molar-refractivity contribution in [1.82, 2.24) is 10.2 Å². The third kappa shape index (κ3) is 7.31. The molecule has 0 aliphatic heterocycles. The van der Waals surface area contributed by atoms with Crippen LogP contribution in [0.2, 0.25) is 0 Å². The number of phenolic OH excluding ortho intramolecular Hbond substituents is 1. The summed E-state index contributed by atoms with van der Waals surface area (Å²) in [6.07, 6.45) is 0.625. The maximum absolute atomic E-state index is 12.1. The van der Waals surface area contributed by atoms with Gasteiger partial charge < -0.3 is 20.1 Å². The Hall–Kier alpha value is -1.75. The zero-order chi connectivity index (χ0) is 16.6. The normalized spacial score (nSPS) is 11.3. The van der Waals surface area contributed by atoms with Crippen LogP contribution in [-0.2, 0) is 11.3 Å². The van der Waals surface area contributed by atoms with Crippen molar-refractivity contribution >= 4 is 6.09 Å². The summed E-state index contributed by atoms with van der Waals surface area (Å²) in [5.74, 6) is 0.265. The molecule has 0 saturated carbocycles. The molecule has 22 heavy (non-hydrogen) atoms. The monoisotopic (exact) mass is 308 g/mol. The van der Waals surface area contributed by atoms with Crippen LogP contribution in [0.3, 0.4) is 0 Å². The number of aromatic hydroxyl groups is 1. The van der Waals surface area contributed by atoms with Crippen molar-refractivity contribution in [1.29, 1.82) is 0 Å². The van der Waals surface area contributed by atoms with Crippen molar-refractivity contribution in [2.24, 2.45) is 0 Å². The first-order chi connectivity index (χ1) is 10.3. The number of amides is 1. The summed E-state index contributed by atoms with van der Waals surface area (Å²) in [6, 6.07) is 7.14. The van der Waals surface area contributed by atoms with Gasteiger partial charge >= 0.3 is 6.09 Å². The van der Waals surface area contributed by atoms with E-state index >= 15 is 0 Å². The first-order valence-corrected chi connectivity index (χ1v) is 7.78. The lowest BCUT2D eigenvalue weighted by molar-refractivity contribution is 0.0252. The predicted octanol–water partition coefficient (Wildman–Crippen LogP) is 3.13. The van der Waals surface area contributed by atoms with E-state index in [2.05, 4.69) is 5.32 Å². The van der Waals surface area contributed by atoms with E-state index in [1.165, 1.54) is 0 Å². The summed E-state index contributed by atoms with van der Waals surface area (Å²) in [5, 5.41) is 12.7. The van der Waals surface area contributed by atoms with Gasteiger partial charge in [-0.05, 0) is 44.9 Å². The molecule has 2 N–H and O–H groups in total. The third-order valence-corrected chi connectivity index (χ3v) is 2.94. The molecule has 124 valence electrons. The minimum absolute atomic E-state index is 0.265. The minimum atomic E-state index is -0.474. The fraction of sp³-hybridized carbons (Fsp3) is 0.588. The fourth-order valence-electron chi connectivity index (χ4n) is 2.00. The first kappa shape index (κ1) is 18.3. The topological polar surface area (TPSA) is 61.8 Å². The summed E-state index contributed by atoms with van der Waals surface area (Å²) in [7, 11) is 0. The molecule has 1 aromatic rings. The molecule has 5 heteroatoms. The molecule has 1 aromatic carbocycles. The van der Waals surface area contributed by atoms with Crippen LogP contribution in [0, 0.1) is 0 Å². The smallest absolute Gasteiger partial charge is 0.410 e. The Balaban J connectivity index is 2.39. The van der Waals surface area contributed by atoms with Gasteiger partial charge in [-0.1, -0.05) is 19.1 Å². The number of benzene rings is 1. The fourth-order valence-corrected chi connectivity index (χ4v) is 2.00. The molecule has 0 radical (unpaired) electrons. The average Bonchev–Trinajstić information content (AvgIpc) is 2.40. The van der Waals surface area contributed by atoms with Crippen LogP contribution in [0.15, 0.2) is 24.3 Å². The standard InChI is InChI=1S/C17H28N2O3/c1-5-10-19(16(21)22-17(2,3)4)11-9-18-13-14-7-6-8-15(20)12-14/h6-8,12,18,20H,5,9-11,13H2,1-4H3. The predicted molar refractivity (Wildman–Crippen MR) is 87.9 cm³/mol. The first-order valence-electron chi connectivity index (χ1n) is 7.78. The number of carbonyl (C=O) groups excluding carboxylic acids is 1. The van der Waals surface area contributed by atoms with Crippen LogP contribution in [0.1, 0.15) is 39.7 Å². The van der Waals surface area contributed by atoms with E-state index in [-0.39, 0.29) is 11.8 Å². The highest BCUT2D eigenvalue weighted by Crippen LogP contribution is 2.11. The number of ether oxygens (including phenoxy) is 1. The highest BCUT2D eigenvalue weighted by atomic mass is 16.6. The lowest BCUT2D eigenvalue weighted by Crippen LogP contribution is -2.40. The molecule has 0 aliphatic rings. The number of hydrogen-bond acceptors (Lipinski definition) is 4. The van der Waals surface area contributed by atoms with Crippen molar-refractivity contribution in [3.05, 3.63) is 29.8 Å². The van der Waals surface area contributed by atoms with Gasteiger partial charge in [0.2, 0.25) is 0 Å². The molecular formula is C17H28N2O3. The summed E-state index contributed by atoms with van der Waals surface area (Å²) < 4.78 is 5.41. The van der Waals surface area contributed by atoms with Crippen molar-refractivity contribution in [3.8, 4) is 5.75 Å². The number of carbonyl (C=O) groups is 1. The summed E-state index contributed by atoms with van der Waals surface area (Å²) in [5.41, 5.74) is 0.539. The number of nitrogens with one attached hydrogen (secondary N) is 1. The van der Waals surface area contributed by atoms with E-state index in [4.69, 9.17) is 4.74 Å². The SMILES string of the molecule is CCCN(CCNCc1cccc(O)c1)C(=O)OC(C)(C)C. The molecule has 0 heterocycles. The van der Waals surface area contributed by atoms with E-state index in [1.807, 2.05) is 39.8 Å². The largest absolute Gasteiger partial charge is 0.508 e. The van der Waals surface area contributed by atoms with E-state index in [0.29, 0.717) is 26.2 Å². The van der Waals surface area contributed by atoms with Crippen molar-refractivity contribution in [2.45, 2.75) is 46.3 Å². The number of hydrogen-bond donors (Lipinski definition) is 2. The van der Waals surface area contributed by atoms with Crippen LogP contribution in [0.5, 0.6) is 5.75 Å². The number of nitrogens with zero attached hydrogens (tertiary/aromatic N) is 1. The molecule has 0 bridgehead atoms. The lowest BCUT2D eigenvalue weighted by Gasteiger charge is -2.27. The second kappa shape index (κ2) is 8.63. The Morgan fingerprint density at radius 2 is 2.05 bits per heavy atom. The zero-order valence-electron chi connectivity index (χ0n) is 14.1. The van der Waals surface area contributed by atoms with Crippen LogP contribution in [0.25, 0.3) is 0 Å². The Labute approximate surface area is 133 Å². The van der Waals surface area contributed by atoms with Crippen molar-refractivity contribution < 1.29 is 14.6 Å². The Morgan fingerprint density at radius 1 is 1.32 bits per heavy atom. The Kier molecular flexibility index (Phi) is 7.18. The summed E-state index contributed by atoms with van der Waals surface area (Å²) in [6.45, 7) is 10.3. The van der Waals surface area contributed by atoms with Crippen molar-refractivity contribution in [2.75, 3.05) is 19.6 Å². The Morgan fingerprint density at radius 3 is 2.64 bits per heavy atom. The molecule has 0 saturated heterocycles. The maximum Gasteiger partial charge on any atom is 0.410 e. The zero-order valence-corrected chi connectivity index (χ0v) is 14.1. The molecule has 1 rings (SSSR count). The van der Waals surface area contributed by atoms with Gasteiger partial charge in [0, 0.05) is 26.2 Å². The van der Waals surface area contributed by atoms with E-state index in [9.17, 15) is 9.90 Å². The van der Waals surface area contributed by atoms with Gasteiger partial charge in [0.15, 0.2) is 0 Å². The highest BCUT2D eigenvalue weighted by molar-refractivity contribution is 5.68. The van der Waals surface area contributed by atoms with Crippen LogP contribution >= 0.6 is 0 Å². The third-order valence-electron chi connectivity index (χ3n) is 2.94. The van der Waals surface area contributed by atoms with Gasteiger partial charge in [-0.25, -0.2) is 4.79 Å². The molecule has 0 spiro atoms. The molecule has 0 fully saturated rings. The minimum Gasteiger partial charge on any atom is -0.508 e. The number of phenols is 1. The second-order valence-electron chi connectivity index (χ2n) is 6.31. The van der Waals surface area contributed by atoms with Gasteiger partial charge in [0.1, 0.15) is 11.4 Å². The van der Waals surface area contributed by atoms with Gasteiger partial charge in [-0.2, -0.15) is 0 Å². The summed E-state index contributed by atoms with van der Waals surface area (Å²) in [4.78, 5) is 13.8. The van der Waals surface area contributed by atoms with Crippen LogP contribution in [-0.4, -0.2) is 41.3 Å². The quantitative estimate of drug-likeness (QED) is 0.760. The molecule has 0 atom stereocenters. The van der Waals surface area contributed by atoms with Gasteiger partial charge in [0.05, 0.1) is 0 Å². The van der Waals surface area contributed by atoms with Crippen LogP contribution in [0.4, 0.5) is 4.79 Å². The molecule has 0 unspecified atom stereocenters. The molecule has 0 aliphatic carbocycles. The second-order valence-corrected chi connectivity index (χ2v) is 6.31. The lowest BCUT2D eigenvalue weighted by atomic mass is 10.2. The molecular weight excluding hydrogens is 280 g/mol. The summed E-state index contributed by atoms with van der Waals surface area (Å²) >= 11 is 0. The van der Waals surface area contributed by atoms with Crippen molar-refractivity contribution in [3.63, 3.8) is 0 Å². The van der Waals surface area contributed by atoms with Crippen LogP contribution < -0.4 is 5.32 Å². The van der Waals surface area contributed by atoms with Gasteiger partial charge in [-0.15, -0.1) is 0 Å². The molecule has 1 amide bonds. The van der Waals surface area contributed by atoms with Gasteiger partial charge in [-0.3, -0.25) is 0 Å². The van der Waals surface area contributed by atoms with E-state index in [0.717, 1.165) is 12.0 Å². The number of rotatable bonds is 7. The Bertz CT molecular complexity index is 469. The average molecular weight is 308 g/mol. The van der Waals surface area contributed by atoms with Gasteiger partial charge in [0.25, 0.3) is 0 Å². The van der Waals surface area contributed by atoms with E-state index in [1.54, 1.807) is 17.0 Å². The molecule has 5 nitrogen and oxygen atoms in total. The maximum atomic E-state index is 12.1.